The Morgan fingerprint density at radius 3 is 2.96 bits per heavy atom. The number of H-pyrrole nitrogens is 1. The molecule has 4 rings (SSSR count). The Balaban J connectivity index is 1.43. The fourth-order valence-corrected chi connectivity index (χ4v) is 4.05. The van der Waals surface area contributed by atoms with Crippen LogP contribution in [0.4, 0.5) is 4.39 Å². The standard InChI is InChI=1S/C20H24FN5O/c1-13-16(15-8-5-9-17(21)20(15)24-13)10-19(27)22-11-18-25-23-12-26(18)14-6-3-2-4-7-14/h5,8-9,12,14,24H,2-4,6-7,10-11H2,1H3,(H,22,27). The maximum Gasteiger partial charge on any atom is 0.224 e. The first-order chi connectivity index (χ1) is 13.1. The predicted molar refractivity (Wildman–Crippen MR) is 101 cm³/mol. The summed E-state index contributed by atoms with van der Waals surface area (Å²) in [5.74, 6) is 0.376. The number of aryl methyl sites for hydroxylation is 1. The third-order valence-corrected chi connectivity index (χ3v) is 5.50. The fourth-order valence-electron chi connectivity index (χ4n) is 4.05. The lowest BCUT2D eigenvalue weighted by molar-refractivity contribution is -0.120. The first kappa shape index (κ1) is 17.7. The molecule has 1 amide bonds. The number of halogens is 1. The van der Waals surface area contributed by atoms with E-state index >= 15 is 0 Å². The number of carbonyl (C=O) groups is 1. The van der Waals surface area contributed by atoms with E-state index in [1.54, 1.807) is 12.4 Å². The van der Waals surface area contributed by atoms with Crippen LogP contribution in [0.25, 0.3) is 10.9 Å². The van der Waals surface area contributed by atoms with Crippen LogP contribution in [0.1, 0.15) is 55.2 Å². The van der Waals surface area contributed by atoms with E-state index in [2.05, 4.69) is 25.1 Å². The van der Waals surface area contributed by atoms with E-state index in [9.17, 15) is 9.18 Å². The number of nitrogens with one attached hydrogen (secondary N) is 2. The summed E-state index contributed by atoms with van der Waals surface area (Å²) in [7, 11) is 0. The van der Waals surface area contributed by atoms with Gasteiger partial charge in [-0.25, -0.2) is 4.39 Å². The third kappa shape index (κ3) is 3.59. The molecule has 142 valence electrons. The van der Waals surface area contributed by atoms with Crippen molar-refractivity contribution >= 4 is 16.8 Å². The minimum absolute atomic E-state index is 0.110. The minimum Gasteiger partial charge on any atom is -0.356 e. The highest BCUT2D eigenvalue weighted by molar-refractivity contribution is 5.90. The van der Waals surface area contributed by atoms with Crippen LogP contribution in [0.5, 0.6) is 0 Å². The quantitative estimate of drug-likeness (QED) is 0.722. The van der Waals surface area contributed by atoms with Crippen molar-refractivity contribution in [1.82, 2.24) is 25.1 Å². The number of nitrogens with zero attached hydrogens (tertiary/aromatic N) is 3. The van der Waals surface area contributed by atoms with Gasteiger partial charge in [0.25, 0.3) is 0 Å². The lowest BCUT2D eigenvalue weighted by atomic mass is 9.95. The predicted octanol–water partition coefficient (Wildman–Crippen LogP) is 3.57. The number of fused-ring (bicyclic) bond motifs is 1. The number of rotatable bonds is 5. The van der Waals surface area contributed by atoms with Crippen LogP contribution >= 0.6 is 0 Å². The minimum atomic E-state index is -0.303. The van der Waals surface area contributed by atoms with Crippen LogP contribution < -0.4 is 5.32 Å². The van der Waals surface area contributed by atoms with Crippen LogP contribution in [0, 0.1) is 12.7 Å². The third-order valence-electron chi connectivity index (χ3n) is 5.50. The lowest BCUT2D eigenvalue weighted by Crippen LogP contribution is -2.27. The summed E-state index contributed by atoms with van der Waals surface area (Å²) in [6.45, 7) is 2.22. The largest absolute Gasteiger partial charge is 0.356 e. The Bertz CT molecular complexity index is 955. The first-order valence-electron chi connectivity index (χ1n) is 9.54. The van der Waals surface area contributed by atoms with Crippen molar-refractivity contribution in [3.05, 3.63) is 47.4 Å². The molecule has 7 heteroatoms. The summed E-state index contributed by atoms with van der Waals surface area (Å²) in [5.41, 5.74) is 2.10. The van der Waals surface area contributed by atoms with Crippen molar-refractivity contribution in [2.75, 3.05) is 0 Å². The smallest absolute Gasteiger partial charge is 0.224 e. The van der Waals surface area contributed by atoms with E-state index in [0.29, 0.717) is 18.1 Å². The molecule has 2 aromatic heterocycles. The highest BCUT2D eigenvalue weighted by Crippen LogP contribution is 2.28. The Morgan fingerprint density at radius 1 is 1.33 bits per heavy atom. The summed E-state index contributed by atoms with van der Waals surface area (Å²) < 4.78 is 16.0. The summed E-state index contributed by atoms with van der Waals surface area (Å²) in [6, 6.07) is 5.35. The molecule has 0 aliphatic heterocycles. The first-order valence-corrected chi connectivity index (χ1v) is 9.54. The molecular formula is C20H24FN5O. The molecule has 0 atom stereocenters. The summed E-state index contributed by atoms with van der Waals surface area (Å²) in [5, 5.41) is 11.9. The maximum absolute atomic E-state index is 13.9. The van der Waals surface area contributed by atoms with Crippen LogP contribution in [0.2, 0.25) is 0 Å². The molecule has 0 unspecified atom stereocenters. The number of benzene rings is 1. The molecule has 3 aromatic rings. The Labute approximate surface area is 157 Å². The van der Waals surface area contributed by atoms with Gasteiger partial charge in [0.2, 0.25) is 5.91 Å². The highest BCUT2D eigenvalue weighted by atomic mass is 19.1. The maximum atomic E-state index is 13.9. The molecule has 0 bridgehead atoms. The van der Waals surface area contributed by atoms with E-state index in [0.717, 1.165) is 35.3 Å². The number of hydrogen-bond acceptors (Lipinski definition) is 3. The summed E-state index contributed by atoms with van der Waals surface area (Å²) >= 11 is 0. The zero-order valence-corrected chi connectivity index (χ0v) is 15.5. The molecule has 1 aromatic carbocycles. The molecule has 0 spiro atoms. The molecule has 1 aliphatic rings. The average Bonchev–Trinajstić information content (AvgIpc) is 3.27. The number of aromatic amines is 1. The number of carbonyl (C=O) groups excluding carboxylic acids is 1. The second kappa shape index (κ2) is 7.50. The van der Waals surface area contributed by atoms with Gasteiger partial charge >= 0.3 is 0 Å². The molecule has 1 saturated carbocycles. The van der Waals surface area contributed by atoms with Crippen LogP contribution in [-0.4, -0.2) is 25.7 Å². The van der Waals surface area contributed by atoms with Gasteiger partial charge in [-0.2, -0.15) is 0 Å². The second-order valence-corrected chi connectivity index (χ2v) is 7.29. The van der Waals surface area contributed by atoms with Crippen molar-refractivity contribution in [2.24, 2.45) is 0 Å². The number of hydrogen-bond donors (Lipinski definition) is 2. The number of amides is 1. The van der Waals surface area contributed by atoms with Crippen molar-refractivity contribution in [1.29, 1.82) is 0 Å². The zero-order chi connectivity index (χ0) is 18.8. The van der Waals surface area contributed by atoms with E-state index < -0.39 is 0 Å². The van der Waals surface area contributed by atoms with E-state index in [1.165, 1.54) is 25.3 Å². The molecule has 1 aliphatic carbocycles. The summed E-state index contributed by atoms with van der Waals surface area (Å²) in [6.07, 6.45) is 7.99. The second-order valence-electron chi connectivity index (χ2n) is 7.29. The van der Waals surface area contributed by atoms with Crippen molar-refractivity contribution in [3.8, 4) is 0 Å². The van der Waals surface area contributed by atoms with Crippen LogP contribution in [0.15, 0.2) is 24.5 Å². The van der Waals surface area contributed by atoms with Gasteiger partial charge in [-0.1, -0.05) is 31.4 Å². The Hall–Kier alpha value is -2.70. The van der Waals surface area contributed by atoms with Crippen LogP contribution in [-0.2, 0) is 17.8 Å². The van der Waals surface area contributed by atoms with Gasteiger partial charge in [0.1, 0.15) is 12.1 Å². The molecule has 27 heavy (non-hydrogen) atoms. The van der Waals surface area contributed by atoms with Crippen LogP contribution in [0.3, 0.4) is 0 Å². The SMILES string of the molecule is Cc1[nH]c2c(F)cccc2c1CC(=O)NCc1nncn1C1CCCCC1. The fraction of sp³-hybridized carbons (Fsp3) is 0.450. The van der Waals surface area contributed by atoms with Crippen molar-refractivity contribution in [3.63, 3.8) is 0 Å². The molecule has 0 saturated heterocycles. The van der Waals surface area contributed by atoms with E-state index in [4.69, 9.17) is 0 Å². The topological polar surface area (TPSA) is 75.6 Å². The van der Waals surface area contributed by atoms with Gasteiger partial charge in [0.05, 0.1) is 18.5 Å². The molecule has 6 nitrogen and oxygen atoms in total. The highest BCUT2D eigenvalue weighted by Gasteiger charge is 2.19. The molecule has 2 N–H and O–H groups in total. The van der Waals surface area contributed by atoms with Gasteiger partial charge < -0.3 is 14.9 Å². The van der Waals surface area contributed by atoms with Gasteiger partial charge in [-0.05, 0) is 31.4 Å². The normalized spacial score (nSPS) is 15.3. The zero-order valence-electron chi connectivity index (χ0n) is 15.5. The van der Waals surface area contributed by atoms with Crippen molar-refractivity contribution in [2.45, 2.75) is 58.0 Å². The molecule has 1 fully saturated rings. The van der Waals surface area contributed by atoms with Gasteiger partial charge in [0, 0.05) is 17.1 Å². The van der Waals surface area contributed by atoms with E-state index in [-0.39, 0.29) is 18.1 Å². The monoisotopic (exact) mass is 369 g/mol. The lowest BCUT2D eigenvalue weighted by Gasteiger charge is -2.24. The van der Waals surface area contributed by atoms with Gasteiger partial charge in [-0.3, -0.25) is 4.79 Å². The molecule has 0 radical (unpaired) electrons. The summed E-state index contributed by atoms with van der Waals surface area (Å²) in [4.78, 5) is 15.5. The molecule has 2 heterocycles. The average molecular weight is 369 g/mol. The Kier molecular flexibility index (Phi) is 4.92. The number of para-hydroxylation sites is 1. The van der Waals surface area contributed by atoms with Gasteiger partial charge in [-0.15, -0.1) is 10.2 Å². The number of aromatic nitrogens is 4. The van der Waals surface area contributed by atoms with Crippen molar-refractivity contribution < 1.29 is 9.18 Å². The Morgan fingerprint density at radius 2 is 2.15 bits per heavy atom. The molecular weight excluding hydrogens is 345 g/mol. The van der Waals surface area contributed by atoms with E-state index in [1.807, 2.05) is 13.0 Å². The van der Waals surface area contributed by atoms with Gasteiger partial charge in [0.15, 0.2) is 5.82 Å².